The Labute approximate surface area is 165 Å². The second-order valence-corrected chi connectivity index (χ2v) is 7.02. The van der Waals surface area contributed by atoms with Gasteiger partial charge in [0.15, 0.2) is 16.8 Å². The van der Waals surface area contributed by atoms with E-state index in [1.165, 1.54) is 17.8 Å². The molecule has 0 saturated heterocycles. The van der Waals surface area contributed by atoms with Crippen LogP contribution >= 0.6 is 11.8 Å². The van der Waals surface area contributed by atoms with Gasteiger partial charge in [-0.15, -0.1) is 10.2 Å². The number of hydrogen-bond acceptors (Lipinski definition) is 7. The van der Waals surface area contributed by atoms with E-state index in [9.17, 15) is 4.39 Å². The predicted molar refractivity (Wildman–Crippen MR) is 103 cm³/mol. The van der Waals surface area contributed by atoms with E-state index in [1.54, 1.807) is 24.5 Å². The molecule has 0 unspecified atom stereocenters. The van der Waals surface area contributed by atoms with Gasteiger partial charge in [0.05, 0.1) is 11.3 Å². The molecule has 3 heterocycles. The first-order chi connectivity index (χ1) is 13.7. The van der Waals surface area contributed by atoms with Crippen LogP contribution in [0.5, 0.6) is 0 Å². The summed E-state index contributed by atoms with van der Waals surface area (Å²) < 4.78 is 21.3. The van der Waals surface area contributed by atoms with Crippen molar-refractivity contribution in [2.75, 3.05) is 0 Å². The molecule has 0 aliphatic rings. The fraction of sp³-hybridized carbons (Fsp3) is 0.211. The average molecular weight is 396 g/mol. The number of aryl methyl sites for hydroxylation is 1. The maximum atomic E-state index is 14.0. The molecule has 9 heteroatoms. The van der Waals surface area contributed by atoms with Crippen LogP contribution in [0.2, 0.25) is 0 Å². The van der Waals surface area contributed by atoms with Crippen LogP contribution in [-0.4, -0.2) is 29.9 Å². The van der Waals surface area contributed by atoms with Crippen molar-refractivity contribution >= 4 is 11.8 Å². The highest BCUT2D eigenvalue weighted by Crippen LogP contribution is 2.27. The maximum absolute atomic E-state index is 14.0. The molecule has 0 fully saturated rings. The smallest absolute Gasteiger partial charge is 0.260 e. The number of halogens is 1. The number of thioether (sulfide) groups is 1. The highest BCUT2D eigenvalue weighted by Gasteiger charge is 2.16. The third-order valence-corrected chi connectivity index (χ3v) is 5.09. The Morgan fingerprint density at radius 2 is 1.96 bits per heavy atom. The minimum atomic E-state index is -0.388. The molecule has 0 aliphatic carbocycles. The quantitative estimate of drug-likeness (QED) is 0.453. The van der Waals surface area contributed by atoms with E-state index in [-0.39, 0.29) is 11.7 Å². The van der Waals surface area contributed by atoms with Crippen molar-refractivity contribution in [2.45, 2.75) is 31.3 Å². The molecule has 0 spiro atoms. The summed E-state index contributed by atoms with van der Waals surface area (Å²) in [4.78, 5) is 8.35. The molecule has 0 atom stereocenters. The van der Waals surface area contributed by atoms with Crippen molar-refractivity contribution in [3.8, 4) is 22.8 Å². The summed E-state index contributed by atoms with van der Waals surface area (Å²) in [5.74, 6) is 1.47. The molecule has 0 amide bonds. The number of rotatable bonds is 6. The Hall–Kier alpha value is -3.07. The van der Waals surface area contributed by atoms with Crippen LogP contribution in [0.15, 0.2) is 52.4 Å². The molecule has 28 heavy (non-hydrogen) atoms. The van der Waals surface area contributed by atoms with Crippen molar-refractivity contribution in [2.24, 2.45) is 0 Å². The Morgan fingerprint density at radius 3 is 2.75 bits per heavy atom. The summed E-state index contributed by atoms with van der Waals surface area (Å²) in [6.45, 7) is 4.64. The topological polar surface area (TPSA) is 82.5 Å². The molecular formula is C19H17FN6OS. The Bertz CT molecular complexity index is 1100. The molecule has 0 N–H and O–H groups in total. The van der Waals surface area contributed by atoms with Gasteiger partial charge in [0.25, 0.3) is 5.89 Å². The molecule has 0 bridgehead atoms. The van der Waals surface area contributed by atoms with Gasteiger partial charge in [0, 0.05) is 24.5 Å². The van der Waals surface area contributed by atoms with Gasteiger partial charge in [-0.25, -0.2) is 4.39 Å². The molecule has 0 radical (unpaired) electrons. The molecule has 3 aromatic heterocycles. The lowest BCUT2D eigenvalue weighted by molar-refractivity contribution is 0.422. The van der Waals surface area contributed by atoms with Crippen LogP contribution < -0.4 is 0 Å². The normalized spacial score (nSPS) is 11.1. The Balaban J connectivity index is 1.52. The molecule has 4 aromatic rings. The van der Waals surface area contributed by atoms with Crippen molar-refractivity contribution in [1.29, 1.82) is 0 Å². The third kappa shape index (κ3) is 3.65. The van der Waals surface area contributed by atoms with Gasteiger partial charge in [0.2, 0.25) is 0 Å². The van der Waals surface area contributed by atoms with Crippen LogP contribution in [-0.2, 0) is 12.3 Å². The summed E-state index contributed by atoms with van der Waals surface area (Å²) in [7, 11) is 0. The highest BCUT2D eigenvalue weighted by atomic mass is 32.2. The third-order valence-electron chi connectivity index (χ3n) is 4.12. The largest absolute Gasteiger partial charge is 0.334 e. The monoisotopic (exact) mass is 396 g/mol. The zero-order chi connectivity index (χ0) is 19.5. The van der Waals surface area contributed by atoms with E-state index in [2.05, 4.69) is 25.3 Å². The van der Waals surface area contributed by atoms with Crippen LogP contribution in [0.4, 0.5) is 4.39 Å². The van der Waals surface area contributed by atoms with Gasteiger partial charge in [0.1, 0.15) is 5.82 Å². The molecule has 0 saturated carbocycles. The van der Waals surface area contributed by atoms with Crippen molar-refractivity contribution < 1.29 is 8.91 Å². The fourth-order valence-corrected chi connectivity index (χ4v) is 3.59. The minimum Gasteiger partial charge on any atom is -0.334 e. The molecule has 4 rings (SSSR count). The summed E-state index contributed by atoms with van der Waals surface area (Å²) in [6.07, 6.45) is 3.45. The highest BCUT2D eigenvalue weighted by molar-refractivity contribution is 7.98. The first-order valence-corrected chi connectivity index (χ1v) is 9.69. The second-order valence-electron chi connectivity index (χ2n) is 6.07. The summed E-state index contributed by atoms with van der Waals surface area (Å²) in [6, 6.07) is 8.57. The maximum Gasteiger partial charge on any atom is 0.260 e. The molecule has 0 aliphatic heterocycles. The number of benzene rings is 1. The van der Waals surface area contributed by atoms with Crippen molar-refractivity contribution in [1.82, 2.24) is 29.9 Å². The standard InChI is InChI=1S/C19H17FN6OS/c1-3-26-17(13-6-8-21-9-7-13)23-24-19(26)28-11-16-22-18(27-25-16)14-10-12(2)4-5-15(14)20/h4-10H,3,11H2,1-2H3. The van der Waals surface area contributed by atoms with Gasteiger partial charge >= 0.3 is 0 Å². The summed E-state index contributed by atoms with van der Waals surface area (Å²) >= 11 is 1.45. The first-order valence-electron chi connectivity index (χ1n) is 8.71. The Morgan fingerprint density at radius 1 is 1.14 bits per heavy atom. The molecule has 142 valence electrons. The van der Waals surface area contributed by atoms with Crippen molar-refractivity contribution in [3.63, 3.8) is 0 Å². The van der Waals surface area contributed by atoms with Crippen LogP contribution in [0.1, 0.15) is 18.3 Å². The van der Waals surface area contributed by atoms with E-state index in [4.69, 9.17) is 4.52 Å². The van der Waals surface area contributed by atoms with Crippen LogP contribution in [0.25, 0.3) is 22.8 Å². The predicted octanol–water partition coefficient (Wildman–Crippen LogP) is 4.15. The fourth-order valence-electron chi connectivity index (χ4n) is 2.75. The first kappa shape index (κ1) is 18.3. The summed E-state index contributed by atoms with van der Waals surface area (Å²) in [5.41, 5.74) is 2.18. The lowest BCUT2D eigenvalue weighted by Gasteiger charge is -2.06. The molecule has 1 aromatic carbocycles. The van der Waals surface area contributed by atoms with E-state index in [0.29, 0.717) is 17.1 Å². The SMILES string of the molecule is CCn1c(SCc2noc(-c3cc(C)ccc3F)n2)nnc1-c1ccncc1. The van der Waals surface area contributed by atoms with E-state index in [1.807, 2.05) is 30.5 Å². The second kappa shape index (κ2) is 7.89. The van der Waals surface area contributed by atoms with Crippen LogP contribution in [0, 0.1) is 12.7 Å². The number of hydrogen-bond donors (Lipinski definition) is 0. The lowest BCUT2D eigenvalue weighted by atomic mass is 10.1. The average Bonchev–Trinajstić information content (AvgIpc) is 3.35. The van der Waals surface area contributed by atoms with Gasteiger partial charge in [-0.2, -0.15) is 4.98 Å². The number of nitrogens with zero attached hydrogens (tertiary/aromatic N) is 6. The van der Waals surface area contributed by atoms with Crippen molar-refractivity contribution in [3.05, 3.63) is 59.9 Å². The van der Waals surface area contributed by atoms with Crippen LogP contribution in [0.3, 0.4) is 0 Å². The zero-order valence-corrected chi connectivity index (χ0v) is 16.1. The minimum absolute atomic E-state index is 0.172. The van der Waals surface area contributed by atoms with Gasteiger partial charge in [-0.05, 0) is 38.1 Å². The summed E-state index contributed by atoms with van der Waals surface area (Å²) in [5, 5.41) is 13.3. The van der Waals surface area contributed by atoms with E-state index < -0.39 is 0 Å². The van der Waals surface area contributed by atoms with Gasteiger partial charge < -0.3 is 9.09 Å². The zero-order valence-electron chi connectivity index (χ0n) is 15.3. The number of aromatic nitrogens is 6. The van der Waals surface area contributed by atoms with Gasteiger partial charge in [-0.1, -0.05) is 28.5 Å². The lowest BCUT2D eigenvalue weighted by Crippen LogP contribution is -2.00. The van der Waals surface area contributed by atoms with Gasteiger partial charge in [-0.3, -0.25) is 4.98 Å². The van der Waals surface area contributed by atoms with E-state index in [0.717, 1.165) is 28.7 Å². The molecule has 7 nitrogen and oxygen atoms in total. The molecular weight excluding hydrogens is 379 g/mol. The Kier molecular flexibility index (Phi) is 5.16. The number of pyridine rings is 1. The van der Waals surface area contributed by atoms with E-state index >= 15 is 0 Å².